The lowest BCUT2D eigenvalue weighted by atomic mass is 9.92. The van der Waals surface area contributed by atoms with Gasteiger partial charge in [0.25, 0.3) is 0 Å². The van der Waals surface area contributed by atoms with E-state index in [1.165, 1.54) is 12.1 Å². The second-order valence-corrected chi connectivity index (χ2v) is 4.65. The number of carbonyl (C=O) groups is 1. The molecule has 1 aliphatic heterocycles. The molecule has 102 valence electrons. The molecule has 0 radical (unpaired) electrons. The first-order chi connectivity index (χ1) is 8.79. The molecule has 0 spiro atoms. The minimum atomic E-state index is -4.36. The maximum atomic E-state index is 12.5. The molecule has 0 aromatic heterocycles. The molecule has 0 amide bonds. The molecule has 0 bridgehead atoms. The normalized spacial score (nSPS) is 23.8. The van der Waals surface area contributed by atoms with Gasteiger partial charge in [0, 0.05) is 11.5 Å². The number of esters is 1. The average molecular weight is 270 g/mol. The van der Waals surface area contributed by atoms with E-state index in [1.807, 2.05) is 6.92 Å². The zero-order valence-electron chi connectivity index (χ0n) is 10.5. The first-order valence-electron chi connectivity index (χ1n) is 5.85. The Hall–Kier alpha value is -1.78. The van der Waals surface area contributed by atoms with Crippen molar-refractivity contribution < 1.29 is 22.7 Å². The van der Waals surface area contributed by atoms with Crippen molar-refractivity contribution in [3.05, 3.63) is 47.0 Å². The van der Waals surface area contributed by atoms with Gasteiger partial charge in [0.05, 0.1) is 5.56 Å². The standard InChI is InChI=1S/C14H13F3O2/c1-8-7-9(2)13(18)19-12(8)10-3-5-11(6-4-10)14(15,16)17/h3-8,12H,1-2H3/t8-,12+/m1/s1. The van der Waals surface area contributed by atoms with Gasteiger partial charge < -0.3 is 4.74 Å². The number of benzene rings is 1. The minimum Gasteiger partial charge on any atom is -0.454 e. The van der Waals surface area contributed by atoms with Crippen LogP contribution in [-0.4, -0.2) is 5.97 Å². The Morgan fingerprint density at radius 1 is 1.16 bits per heavy atom. The van der Waals surface area contributed by atoms with Gasteiger partial charge in [-0.15, -0.1) is 0 Å². The highest BCUT2D eigenvalue weighted by atomic mass is 19.4. The Kier molecular flexibility index (Phi) is 3.39. The predicted octanol–water partition coefficient (Wildman–Crippen LogP) is 3.89. The summed E-state index contributed by atoms with van der Waals surface area (Å²) in [5, 5.41) is 0. The Morgan fingerprint density at radius 3 is 2.26 bits per heavy atom. The number of hydrogen-bond acceptors (Lipinski definition) is 2. The van der Waals surface area contributed by atoms with Gasteiger partial charge in [-0.25, -0.2) is 4.79 Å². The number of halogens is 3. The lowest BCUT2D eigenvalue weighted by molar-refractivity contribution is -0.148. The summed E-state index contributed by atoms with van der Waals surface area (Å²) < 4.78 is 42.6. The van der Waals surface area contributed by atoms with Crippen LogP contribution in [0.15, 0.2) is 35.9 Å². The second-order valence-electron chi connectivity index (χ2n) is 4.65. The van der Waals surface area contributed by atoms with E-state index in [9.17, 15) is 18.0 Å². The van der Waals surface area contributed by atoms with E-state index in [4.69, 9.17) is 4.74 Å². The van der Waals surface area contributed by atoms with Gasteiger partial charge in [-0.05, 0) is 24.6 Å². The zero-order valence-corrected chi connectivity index (χ0v) is 10.5. The van der Waals surface area contributed by atoms with Crippen molar-refractivity contribution in [2.24, 2.45) is 5.92 Å². The highest BCUT2D eigenvalue weighted by Gasteiger charge is 2.32. The molecule has 1 aliphatic rings. The van der Waals surface area contributed by atoms with Crippen LogP contribution in [0.3, 0.4) is 0 Å². The van der Waals surface area contributed by atoms with E-state index >= 15 is 0 Å². The van der Waals surface area contributed by atoms with Crippen molar-refractivity contribution in [1.29, 1.82) is 0 Å². The van der Waals surface area contributed by atoms with Crippen molar-refractivity contribution in [3.8, 4) is 0 Å². The molecular weight excluding hydrogens is 257 g/mol. The lowest BCUT2D eigenvalue weighted by Crippen LogP contribution is -2.23. The van der Waals surface area contributed by atoms with Crippen molar-refractivity contribution in [3.63, 3.8) is 0 Å². The summed E-state index contributed by atoms with van der Waals surface area (Å²) in [7, 11) is 0. The van der Waals surface area contributed by atoms with Crippen molar-refractivity contribution in [1.82, 2.24) is 0 Å². The number of hydrogen-bond donors (Lipinski definition) is 0. The number of carbonyl (C=O) groups excluding carboxylic acids is 1. The fraction of sp³-hybridized carbons (Fsp3) is 0.357. The molecule has 0 unspecified atom stereocenters. The third-order valence-electron chi connectivity index (χ3n) is 3.11. The fourth-order valence-corrected chi connectivity index (χ4v) is 2.10. The smallest absolute Gasteiger partial charge is 0.416 e. The van der Waals surface area contributed by atoms with Gasteiger partial charge in [0.1, 0.15) is 6.10 Å². The molecule has 2 rings (SSSR count). The summed E-state index contributed by atoms with van der Waals surface area (Å²) in [5.74, 6) is -0.488. The first-order valence-corrected chi connectivity index (χ1v) is 5.85. The van der Waals surface area contributed by atoms with Crippen LogP contribution >= 0.6 is 0 Å². The molecule has 0 saturated carbocycles. The summed E-state index contributed by atoms with van der Waals surface area (Å²) >= 11 is 0. The molecule has 5 heteroatoms. The van der Waals surface area contributed by atoms with Crippen LogP contribution in [0.2, 0.25) is 0 Å². The van der Waals surface area contributed by atoms with Crippen LogP contribution in [0.25, 0.3) is 0 Å². The summed E-state index contributed by atoms with van der Waals surface area (Å²) in [6, 6.07) is 4.71. The van der Waals surface area contributed by atoms with E-state index in [-0.39, 0.29) is 5.92 Å². The Bertz CT molecular complexity index is 514. The molecule has 0 saturated heterocycles. The van der Waals surface area contributed by atoms with Gasteiger partial charge in [-0.2, -0.15) is 13.2 Å². The van der Waals surface area contributed by atoms with Crippen LogP contribution in [0, 0.1) is 5.92 Å². The van der Waals surface area contributed by atoms with E-state index in [0.29, 0.717) is 11.1 Å². The van der Waals surface area contributed by atoms with E-state index in [1.54, 1.807) is 13.0 Å². The van der Waals surface area contributed by atoms with Crippen LogP contribution in [0.4, 0.5) is 13.2 Å². The van der Waals surface area contributed by atoms with Crippen molar-refractivity contribution in [2.45, 2.75) is 26.1 Å². The Balaban J connectivity index is 2.26. The maximum absolute atomic E-state index is 12.5. The van der Waals surface area contributed by atoms with Crippen LogP contribution in [0.5, 0.6) is 0 Å². The number of rotatable bonds is 1. The minimum absolute atomic E-state index is 0.0607. The van der Waals surface area contributed by atoms with E-state index < -0.39 is 23.8 Å². The summed E-state index contributed by atoms with van der Waals surface area (Å²) in [6.07, 6.45) is -3.11. The van der Waals surface area contributed by atoms with Gasteiger partial charge in [-0.1, -0.05) is 25.1 Å². The molecule has 0 aliphatic carbocycles. The summed E-state index contributed by atoms with van der Waals surface area (Å²) in [5.41, 5.74) is 0.381. The third-order valence-corrected chi connectivity index (χ3v) is 3.11. The highest BCUT2D eigenvalue weighted by molar-refractivity contribution is 5.88. The molecule has 2 atom stereocenters. The zero-order chi connectivity index (χ0) is 14.2. The molecule has 1 aromatic carbocycles. The van der Waals surface area contributed by atoms with Crippen molar-refractivity contribution >= 4 is 5.97 Å². The van der Waals surface area contributed by atoms with Crippen molar-refractivity contribution in [2.75, 3.05) is 0 Å². The van der Waals surface area contributed by atoms with Gasteiger partial charge in [0.15, 0.2) is 0 Å². The topological polar surface area (TPSA) is 26.3 Å². The van der Waals surface area contributed by atoms with E-state index in [2.05, 4.69) is 0 Å². The maximum Gasteiger partial charge on any atom is 0.416 e. The molecule has 0 fully saturated rings. The third kappa shape index (κ3) is 2.80. The quantitative estimate of drug-likeness (QED) is 0.724. The average Bonchev–Trinajstić information content (AvgIpc) is 2.33. The lowest BCUT2D eigenvalue weighted by Gasteiger charge is -2.27. The van der Waals surface area contributed by atoms with Crippen LogP contribution in [0.1, 0.15) is 31.1 Å². The molecule has 2 nitrogen and oxygen atoms in total. The Labute approximate surface area is 108 Å². The first kappa shape index (κ1) is 13.6. The number of alkyl halides is 3. The number of ether oxygens (including phenoxy) is 1. The van der Waals surface area contributed by atoms with Gasteiger partial charge in [-0.3, -0.25) is 0 Å². The molecular formula is C14H13F3O2. The molecule has 0 N–H and O–H groups in total. The number of cyclic esters (lactones) is 1. The molecule has 1 aromatic rings. The fourth-order valence-electron chi connectivity index (χ4n) is 2.10. The van der Waals surface area contributed by atoms with Gasteiger partial charge in [0.2, 0.25) is 0 Å². The Morgan fingerprint density at radius 2 is 1.74 bits per heavy atom. The van der Waals surface area contributed by atoms with Crippen LogP contribution < -0.4 is 0 Å². The summed E-state index contributed by atoms with van der Waals surface area (Å²) in [4.78, 5) is 11.5. The predicted molar refractivity (Wildman–Crippen MR) is 63.2 cm³/mol. The second kappa shape index (κ2) is 4.72. The molecule has 1 heterocycles. The largest absolute Gasteiger partial charge is 0.454 e. The van der Waals surface area contributed by atoms with Crippen LogP contribution in [-0.2, 0) is 15.7 Å². The van der Waals surface area contributed by atoms with Gasteiger partial charge >= 0.3 is 12.1 Å². The summed E-state index contributed by atoms with van der Waals surface area (Å²) in [6.45, 7) is 3.51. The molecule has 19 heavy (non-hydrogen) atoms. The SMILES string of the molecule is CC1=C[C@@H](C)[C@@H](c2ccc(C(F)(F)F)cc2)OC1=O. The van der Waals surface area contributed by atoms with E-state index in [0.717, 1.165) is 12.1 Å². The monoisotopic (exact) mass is 270 g/mol. The highest BCUT2D eigenvalue weighted by Crippen LogP contribution is 2.35.